The van der Waals surface area contributed by atoms with Gasteiger partial charge in [0.1, 0.15) is 11.6 Å². The zero-order valence-corrected chi connectivity index (χ0v) is 21.1. The van der Waals surface area contributed by atoms with E-state index in [4.69, 9.17) is 0 Å². The topological polar surface area (TPSA) is 71.2 Å². The number of halogens is 1. The Morgan fingerprint density at radius 2 is 1.92 bits per heavy atom. The van der Waals surface area contributed by atoms with E-state index in [0.717, 1.165) is 52.9 Å². The summed E-state index contributed by atoms with van der Waals surface area (Å²) >= 11 is 0. The van der Waals surface area contributed by atoms with Crippen molar-refractivity contribution in [2.75, 3.05) is 4.90 Å². The van der Waals surface area contributed by atoms with E-state index in [2.05, 4.69) is 23.9 Å². The Hall–Kier alpha value is -4.00. The molecule has 0 aliphatic heterocycles. The van der Waals surface area contributed by atoms with Crippen LogP contribution in [0.5, 0.6) is 5.75 Å². The molecule has 0 bridgehead atoms. The maximum absolute atomic E-state index is 14.1. The molecule has 4 aromatic rings. The largest absolute Gasteiger partial charge is 0.508 e. The van der Waals surface area contributed by atoms with E-state index in [1.165, 1.54) is 12.1 Å². The smallest absolute Gasteiger partial charge is 0.234 e. The van der Waals surface area contributed by atoms with Crippen LogP contribution in [0.15, 0.2) is 73.2 Å². The molecule has 0 saturated heterocycles. The number of hydrogen-bond acceptors (Lipinski definition) is 4. The quantitative estimate of drug-likeness (QED) is 0.342. The molecule has 7 heteroatoms. The Balaban J connectivity index is 1.44. The van der Waals surface area contributed by atoms with Crippen LogP contribution in [0.4, 0.5) is 10.1 Å². The normalized spacial score (nSPS) is 15.0. The highest BCUT2D eigenvalue weighted by atomic mass is 19.1. The summed E-state index contributed by atoms with van der Waals surface area (Å²) in [7, 11) is 0. The second kappa shape index (κ2) is 10.5. The summed E-state index contributed by atoms with van der Waals surface area (Å²) in [4.78, 5) is 20.5. The maximum atomic E-state index is 14.1. The number of carbonyl (C=O) groups is 1. The molecule has 190 valence electrons. The lowest BCUT2D eigenvalue weighted by Gasteiger charge is -2.31. The Labute approximate surface area is 216 Å². The molecule has 1 aliphatic rings. The highest BCUT2D eigenvalue weighted by molar-refractivity contribution is 5.98. The fourth-order valence-corrected chi connectivity index (χ4v) is 5.00. The van der Waals surface area contributed by atoms with Gasteiger partial charge >= 0.3 is 0 Å². The molecule has 6 nitrogen and oxygen atoms in total. The van der Waals surface area contributed by atoms with E-state index in [1.54, 1.807) is 40.2 Å². The number of amides is 1. The van der Waals surface area contributed by atoms with E-state index in [-0.39, 0.29) is 29.3 Å². The van der Waals surface area contributed by atoms with Crippen LogP contribution in [0.1, 0.15) is 66.5 Å². The van der Waals surface area contributed by atoms with E-state index >= 15 is 0 Å². The van der Waals surface area contributed by atoms with Crippen molar-refractivity contribution in [2.45, 2.75) is 58.0 Å². The van der Waals surface area contributed by atoms with Crippen molar-refractivity contribution in [3.63, 3.8) is 0 Å². The maximum Gasteiger partial charge on any atom is 0.234 e. The number of anilines is 1. The molecule has 1 atom stereocenters. The van der Waals surface area contributed by atoms with Gasteiger partial charge in [-0.05, 0) is 72.2 Å². The van der Waals surface area contributed by atoms with Gasteiger partial charge in [0.05, 0.1) is 37.1 Å². The predicted molar refractivity (Wildman–Crippen MR) is 141 cm³/mol. The minimum atomic E-state index is -0.338. The molecule has 2 heterocycles. The number of fused-ring (bicyclic) bond motifs is 1. The van der Waals surface area contributed by atoms with Crippen molar-refractivity contribution in [2.24, 2.45) is 0 Å². The van der Waals surface area contributed by atoms with Crippen molar-refractivity contribution >= 4 is 11.6 Å². The van der Waals surface area contributed by atoms with Gasteiger partial charge in [-0.1, -0.05) is 38.1 Å². The van der Waals surface area contributed by atoms with Gasteiger partial charge in [0.2, 0.25) is 5.91 Å². The minimum Gasteiger partial charge on any atom is -0.508 e. The van der Waals surface area contributed by atoms with Crippen molar-refractivity contribution in [1.29, 1.82) is 0 Å². The molecule has 0 saturated carbocycles. The van der Waals surface area contributed by atoms with Gasteiger partial charge in [-0.25, -0.2) is 4.39 Å². The summed E-state index contributed by atoms with van der Waals surface area (Å²) in [5, 5.41) is 14.9. The fourth-order valence-electron chi connectivity index (χ4n) is 5.00. The molecule has 1 unspecified atom stereocenters. The first-order valence-corrected chi connectivity index (χ1v) is 12.7. The summed E-state index contributed by atoms with van der Waals surface area (Å²) in [6.45, 7) is 5.03. The molecule has 0 radical (unpaired) electrons. The first kappa shape index (κ1) is 24.7. The SMILES string of the molecule is CC(C)c1ccc(N(Cc2cnn(Cc3ccc(F)cc3)c2)C(=O)C2CCCc3c(O)cccc32)cn1. The lowest BCUT2D eigenvalue weighted by atomic mass is 9.81. The number of hydrogen-bond donors (Lipinski definition) is 1. The van der Waals surface area contributed by atoms with Crippen LogP contribution in [-0.2, 0) is 24.3 Å². The van der Waals surface area contributed by atoms with Crippen molar-refractivity contribution in [1.82, 2.24) is 14.8 Å². The zero-order chi connectivity index (χ0) is 25.9. The number of aromatic nitrogens is 3. The van der Waals surface area contributed by atoms with Crippen LogP contribution in [-0.4, -0.2) is 25.8 Å². The van der Waals surface area contributed by atoms with Gasteiger partial charge in [-0.15, -0.1) is 0 Å². The Morgan fingerprint density at radius 3 is 2.65 bits per heavy atom. The van der Waals surface area contributed by atoms with Gasteiger partial charge in [-0.2, -0.15) is 5.10 Å². The van der Waals surface area contributed by atoms with Crippen LogP contribution in [0, 0.1) is 5.82 Å². The number of benzene rings is 2. The molecule has 37 heavy (non-hydrogen) atoms. The molecule has 2 aromatic carbocycles. The fraction of sp³-hybridized carbons (Fsp3) is 0.300. The summed E-state index contributed by atoms with van der Waals surface area (Å²) in [6.07, 6.45) is 7.79. The number of aromatic hydroxyl groups is 1. The van der Waals surface area contributed by atoms with Crippen LogP contribution in [0.25, 0.3) is 0 Å². The standard InChI is InChI=1S/C30H31FN4O2/c1-20(2)28-14-13-24(16-32-28)35(30(37)27-7-3-6-26-25(27)5-4-8-29(26)36)19-22-15-33-34(18-22)17-21-9-11-23(31)12-10-21/h4-5,8-16,18,20,27,36H,3,6-7,17,19H2,1-2H3. The average Bonchev–Trinajstić information content (AvgIpc) is 3.35. The van der Waals surface area contributed by atoms with Crippen molar-refractivity contribution in [3.8, 4) is 5.75 Å². The highest BCUT2D eigenvalue weighted by Gasteiger charge is 2.32. The summed E-state index contributed by atoms with van der Waals surface area (Å²) in [5.41, 5.74) is 5.29. The lowest BCUT2D eigenvalue weighted by molar-refractivity contribution is -0.120. The van der Waals surface area contributed by atoms with Crippen LogP contribution in [0.2, 0.25) is 0 Å². The molecular weight excluding hydrogens is 467 g/mol. The van der Waals surface area contributed by atoms with Gasteiger partial charge in [0, 0.05) is 17.5 Å². The Morgan fingerprint density at radius 1 is 1.11 bits per heavy atom. The van der Waals surface area contributed by atoms with Gasteiger partial charge in [0.15, 0.2) is 0 Å². The monoisotopic (exact) mass is 498 g/mol. The molecule has 1 aliphatic carbocycles. The third kappa shape index (κ3) is 5.40. The summed E-state index contributed by atoms with van der Waals surface area (Å²) in [6, 6.07) is 15.7. The van der Waals surface area contributed by atoms with E-state index in [1.807, 2.05) is 30.5 Å². The molecule has 1 N–H and O–H groups in total. The van der Waals surface area contributed by atoms with Gasteiger partial charge in [0.25, 0.3) is 0 Å². The molecule has 5 rings (SSSR count). The molecule has 2 aromatic heterocycles. The van der Waals surface area contributed by atoms with Crippen molar-refractivity contribution < 1.29 is 14.3 Å². The zero-order valence-electron chi connectivity index (χ0n) is 21.1. The predicted octanol–water partition coefficient (Wildman–Crippen LogP) is 5.95. The van der Waals surface area contributed by atoms with Crippen LogP contribution < -0.4 is 4.90 Å². The van der Waals surface area contributed by atoms with Crippen LogP contribution >= 0.6 is 0 Å². The Kier molecular flexibility index (Phi) is 7.04. The number of carbonyl (C=O) groups excluding carboxylic acids is 1. The van der Waals surface area contributed by atoms with E-state index < -0.39 is 0 Å². The second-order valence-corrected chi connectivity index (χ2v) is 9.98. The van der Waals surface area contributed by atoms with Gasteiger partial charge < -0.3 is 10.0 Å². The van der Waals surface area contributed by atoms with Crippen LogP contribution in [0.3, 0.4) is 0 Å². The number of pyridine rings is 1. The number of nitrogens with zero attached hydrogens (tertiary/aromatic N) is 4. The molecule has 1 amide bonds. The first-order chi connectivity index (χ1) is 17.9. The summed E-state index contributed by atoms with van der Waals surface area (Å²) < 4.78 is 15.1. The van der Waals surface area contributed by atoms with E-state index in [0.29, 0.717) is 13.1 Å². The molecule has 0 fully saturated rings. The second-order valence-electron chi connectivity index (χ2n) is 9.98. The number of phenols is 1. The molecule has 0 spiro atoms. The van der Waals surface area contributed by atoms with Gasteiger partial charge in [-0.3, -0.25) is 14.5 Å². The summed E-state index contributed by atoms with van der Waals surface area (Å²) in [5.74, 6) is -0.0803. The Bertz CT molecular complexity index is 1380. The number of rotatable bonds is 7. The third-order valence-corrected chi connectivity index (χ3v) is 7.01. The lowest BCUT2D eigenvalue weighted by Crippen LogP contribution is -2.36. The average molecular weight is 499 g/mol. The molecular formula is C30H31FN4O2. The number of phenolic OH excluding ortho intramolecular Hbond substituents is 1. The van der Waals surface area contributed by atoms with E-state index in [9.17, 15) is 14.3 Å². The minimum absolute atomic E-state index is 0.0167. The first-order valence-electron chi connectivity index (χ1n) is 12.7. The van der Waals surface area contributed by atoms with Crippen molar-refractivity contribution in [3.05, 3.63) is 107 Å². The highest BCUT2D eigenvalue weighted by Crippen LogP contribution is 2.38. The third-order valence-electron chi connectivity index (χ3n) is 7.01.